The molecule has 5 rings (SSSR count). The fourth-order valence-corrected chi connectivity index (χ4v) is 3.91. The van der Waals surface area contributed by atoms with Crippen LogP contribution in [0.1, 0.15) is 23.2 Å². The zero-order chi connectivity index (χ0) is 18.8. The number of benzene rings is 1. The average Bonchev–Trinajstić information content (AvgIpc) is 3.10. The molecule has 0 spiro atoms. The number of nitrogens with zero attached hydrogens (tertiary/aromatic N) is 6. The van der Waals surface area contributed by atoms with Crippen LogP contribution in [0, 0.1) is 5.92 Å². The number of hydrogen-bond donors (Lipinski definition) is 0. The predicted molar refractivity (Wildman–Crippen MR) is 95.2 cm³/mol. The minimum atomic E-state index is -0.120. The maximum absolute atomic E-state index is 13.0. The van der Waals surface area contributed by atoms with Crippen molar-refractivity contribution in [1.29, 1.82) is 0 Å². The van der Waals surface area contributed by atoms with Crippen LogP contribution in [0.2, 0.25) is 0 Å². The van der Waals surface area contributed by atoms with Crippen molar-refractivity contribution < 1.29 is 14.3 Å². The molecule has 4 heterocycles. The number of methoxy groups -OCH3 is 1. The first-order valence-corrected chi connectivity index (χ1v) is 9.09. The number of hydrogen-bond acceptors (Lipinski definition) is 6. The summed E-state index contributed by atoms with van der Waals surface area (Å²) in [5.41, 5.74) is 1.39. The molecule has 3 aliphatic rings. The monoisotopic (exact) mass is 370 g/mol. The van der Waals surface area contributed by atoms with Crippen molar-refractivity contribution in [2.45, 2.75) is 18.9 Å². The van der Waals surface area contributed by atoms with E-state index in [1.807, 2.05) is 21.9 Å². The molecule has 3 fully saturated rings. The summed E-state index contributed by atoms with van der Waals surface area (Å²) in [6, 6.07) is 7.24. The van der Waals surface area contributed by atoms with Gasteiger partial charge in [0.15, 0.2) is 0 Å². The Bertz CT molecular complexity index is 807. The molecule has 0 aliphatic carbocycles. The highest BCUT2D eigenvalue weighted by Gasteiger charge is 2.41. The second-order valence-corrected chi connectivity index (χ2v) is 6.96. The SMILES string of the molecule is COCCN1C(=O)[C@@H]2CC[C@H]1CN(C(=O)c1ccc(-n3cnnn3)cc1)C2. The quantitative estimate of drug-likeness (QED) is 0.755. The van der Waals surface area contributed by atoms with Gasteiger partial charge >= 0.3 is 0 Å². The lowest BCUT2D eigenvalue weighted by Crippen LogP contribution is -2.49. The van der Waals surface area contributed by atoms with Gasteiger partial charge in [0.2, 0.25) is 5.91 Å². The minimum Gasteiger partial charge on any atom is -0.383 e. The molecule has 0 radical (unpaired) electrons. The molecule has 1 aromatic carbocycles. The van der Waals surface area contributed by atoms with Crippen LogP contribution in [0.25, 0.3) is 5.69 Å². The Morgan fingerprint density at radius 1 is 1.22 bits per heavy atom. The van der Waals surface area contributed by atoms with Crippen LogP contribution in [-0.4, -0.2) is 81.2 Å². The van der Waals surface area contributed by atoms with Crippen LogP contribution in [0.4, 0.5) is 0 Å². The number of aromatic nitrogens is 4. The maximum atomic E-state index is 13.0. The summed E-state index contributed by atoms with van der Waals surface area (Å²) in [4.78, 5) is 29.4. The molecule has 9 nitrogen and oxygen atoms in total. The van der Waals surface area contributed by atoms with E-state index in [9.17, 15) is 9.59 Å². The van der Waals surface area contributed by atoms with E-state index in [1.165, 1.54) is 11.0 Å². The normalized spacial score (nSPS) is 22.2. The van der Waals surface area contributed by atoms with Crippen molar-refractivity contribution >= 4 is 11.8 Å². The molecular formula is C18H22N6O3. The fraction of sp³-hybridized carbons (Fsp3) is 0.500. The van der Waals surface area contributed by atoms with Crippen molar-refractivity contribution in [2.75, 3.05) is 33.4 Å². The van der Waals surface area contributed by atoms with E-state index >= 15 is 0 Å². The molecule has 2 aromatic rings. The topological polar surface area (TPSA) is 93.5 Å². The summed E-state index contributed by atoms with van der Waals surface area (Å²) in [6.07, 6.45) is 3.28. The summed E-state index contributed by atoms with van der Waals surface area (Å²) in [5, 5.41) is 11.1. The van der Waals surface area contributed by atoms with Gasteiger partial charge in [0.05, 0.1) is 18.2 Å². The van der Waals surface area contributed by atoms with E-state index in [1.54, 1.807) is 19.2 Å². The molecule has 0 unspecified atom stereocenters. The lowest BCUT2D eigenvalue weighted by molar-refractivity contribution is -0.140. The van der Waals surface area contributed by atoms with Crippen molar-refractivity contribution in [3.8, 4) is 5.69 Å². The second-order valence-electron chi connectivity index (χ2n) is 6.96. The van der Waals surface area contributed by atoms with Crippen molar-refractivity contribution in [3.05, 3.63) is 36.2 Å². The number of tetrazole rings is 1. The Morgan fingerprint density at radius 3 is 2.74 bits per heavy atom. The van der Waals surface area contributed by atoms with Gasteiger partial charge in [0.1, 0.15) is 6.33 Å². The largest absolute Gasteiger partial charge is 0.383 e. The van der Waals surface area contributed by atoms with Crippen LogP contribution >= 0.6 is 0 Å². The van der Waals surface area contributed by atoms with Gasteiger partial charge in [0, 0.05) is 38.3 Å². The molecule has 3 aliphatic heterocycles. The number of carbonyl (C=O) groups is 2. The zero-order valence-corrected chi connectivity index (χ0v) is 15.2. The standard InChI is InChI=1S/C18H22N6O3/c1-27-9-8-23-16-7-4-14(18(23)26)10-22(11-16)17(25)13-2-5-15(6-3-13)24-12-19-20-21-24/h2-3,5-6,12,14,16H,4,7-11H2,1H3/t14-,16+/m1/s1. The first-order valence-electron chi connectivity index (χ1n) is 9.09. The smallest absolute Gasteiger partial charge is 0.253 e. The summed E-state index contributed by atoms with van der Waals surface area (Å²) in [5.74, 6) is -0.0192. The van der Waals surface area contributed by atoms with Crippen LogP contribution in [0.15, 0.2) is 30.6 Å². The molecule has 2 bridgehead atoms. The molecule has 142 valence electrons. The average molecular weight is 370 g/mol. The van der Waals surface area contributed by atoms with Crippen LogP contribution < -0.4 is 0 Å². The Balaban J connectivity index is 1.50. The van der Waals surface area contributed by atoms with E-state index < -0.39 is 0 Å². The lowest BCUT2D eigenvalue weighted by Gasteiger charge is -2.35. The molecule has 27 heavy (non-hydrogen) atoms. The van der Waals surface area contributed by atoms with E-state index in [4.69, 9.17) is 4.74 Å². The molecule has 3 saturated heterocycles. The highest BCUT2D eigenvalue weighted by atomic mass is 16.5. The van der Waals surface area contributed by atoms with Crippen LogP contribution in [-0.2, 0) is 9.53 Å². The molecule has 2 atom stereocenters. The summed E-state index contributed by atoms with van der Waals surface area (Å²) >= 11 is 0. The van der Waals surface area contributed by atoms with Gasteiger partial charge in [-0.25, -0.2) is 4.68 Å². The van der Waals surface area contributed by atoms with Gasteiger partial charge in [-0.2, -0.15) is 0 Å². The van der Waals surface area contributed by atoms with Crippen molar-refractivity contribution in [1.82, 2.24) is 30.0 Å². The van der Waals surface area contributed by atoms with E-state index in [0.717, 1.165) is 18.5 Å². The van der Waals surface area contributed by atoms with Gasteiger partial charge in [-0.3, -0.25) is 9.59 Å². The third-order valence-electron chi connectivity index (χ3n) is 5.34. The summed E-state index contributed by atoms with van der Waals surface area (Å²) < 4.78 is 6.67. The maximum Gasteiger partial charge on any atom is 0.253 e. The number of ether oxygens (including phenoxy) is 1. The number of carbonyl (C=O) groups excluding carboxylic acids is 2. The van der Waals surface area contributed by atoms with E-state index in [0.29, 0.717) is 31.8 Å². The Morgan fingerprint density at radius 2 is 2.04 bits per heavy atom. The molecule has 0 saturated carbocycles. The van der Waals surface area contributed by atoms with Crippen molar-refractivity contribution in [3.63, 3.8) is 0 Å². The number of fused-ring (bicyclic) bond motifs is 4. The van der Waals surface area contributed by atoms with Gasteiger partial charge in [0.25, 0.3) is 5.91 Å². The van der Waals surface area contributed by atoms with Gasteiger partial charge in [-0.1, -0.05) is 0 Å². The number of amides is 2. The molecular weight excluding hydrogens is 348 g/mol. The first kappa shape index (κ1) is 17.6. The fourth-order valence-electron chi connectivity index (χ4n) is 3.91. The van der Waals surface area contributed by atoms with Crippen LogP contribution in [0.5, 0.6) is 0 Å². The van der Waals surface area contributed by atoms with E-state index in [2.05, 4.69) is 15.5 Å². The predicted octanol–water partition coefficient (Wildman–Crippen LogP) is 0.372. The number of piperidine rings is 1. The molecule has 2 amide bonds. The Labute approximate surface area is 156 Å². The summed E-state index contributed by atoms with van der Waals surface area (Å²) in [7, 11) is 1.63. The molecule has 9 heteroatoms. The zero-order valence-electron chi connectivity index (χ0n) is 15.2. The van der Waals surface area contributed by atoms with E-state index in [-0.39, 0.29) is 23.8 Å². The molecule has 1 aromatic heterocycles. The highest BCUT2D eigenvalue weighted by Crippen LogP contribution is 2.29. The third-order valence-corrected chi connectivity index (χ3v) is 5.34. The molecule has 0 N–H and O–H groups in total. The third kappa shape index (κ3) is 3.42. The van der Waals surface area contributed by atoms with Crippen LogP contribution in [0.3, 0.4) is 0 Å². The van der Waals surface area contributed by atoms with Gasteiger partial charge in [-0.05, 0) is 47.5 Å². The highest BCUT2D eigenvalue weighted by molar-refractivity contribution is 5.95. The minimum absolute atomic E-state index is 0.0449. The Hall–Kier alpha value is -2.81. The van der Waals surface area contributed by atoms with Crippen molar-refractivity contribution in [2.24, 2.45) is 5.92 Å². The van der Waals surface area contributed by atoms with Gasteiger partial charge < -0.3 is 14.5 Å². The second kappa shape index (κ2) is 7.43. The lowest BCUT2D eigenvalue weighted by atomic mass is 9.94. The summed E-state index contributed by atoms with van der Waals surface area (Å²) in [6.45, 7) is 2.15. The Kier molecular flexibility index (Phi) is 4.85. The first-order chi connectivity index (χ1) is 13.2. The van der Waals surface area contributed by atoms with Gasteiger partial charge in [-0.15, -0.1) is 5.10 Å². The number of rotatable bonds is 5.